The van der Waals surface area contributed by atoms with E-state index in [0.717, 1.165) is 12.3 Å². The second kappa shape index (κ2) is 12.3. The number of aromatic hydroxyl groups is 2. The van der Waals surface area contributed by atoms with Gasteiger partial charge in [0.15, 0.2) is 0 Å². The van der Waals surface area contributed by atoms with Crippen LogP contribution >= 0.6 is 0 Å². The van der Waals surface area contributed by atoms with Crippen LogP contribution in [0.25, 0.3) is 0 Å². The van der Waals surface area contributed by atoms with Crippen molar-refractivity contribution in [3.63, 3.8) is 0 Å². The molecule has 2 bridgehead atoms. The Morgan fingerprint density at radius 2 is 1.45 bits per heavy atom. The smallest absolute Gasteiger partial charge is 0.138 e. The van der Waals surface area contributed by atoms with Gasteiger partial charge in [-0.25, -0.2) is 0 Å². The number of anilines is 2. The van der Waals surface area contributed by atoms with Gasteiger partial charge in [-0.1, -0.05) is 52.3 Å². The van der Waals surface area contributed by atoms with E-state index in [9.17, 15) is 5.11 Å². The third kappa shape index (κ3) is 7.52. The molecule has 6 N–H and O–H groups in total. The molecule has 0 unspecified atom stereocenters. The fourth-order valence-electron chi connectivity index (χ4n) is 4.19. The van der Waals surface area contributed by atoms with Gasteiger partial charge < -0.3 is 21.7 Å². The monoisotopic (exact) mass is 400 g/mol. The van der Waals surface area contributed by atoms with E-state index in [4.69, 9.17) is 16.6 Å². The summed E-state index contributed by atoms with van der Waals surface area (Å²) in [5.74, 6) is 1.35. The number of nitrogen functional groups attached to an aromatic ring is 2. The summed E-state index contributed by atoms with van der Waals surface area (Å²) in [7, 11) is 0. The molecular weight excluding hydrogens is 360 g/mol. The molecule has 0 radical (unpaired) electrons. The van der Waals surface area contributed by atoms with Crippen LogP contribution in [0.2, 0.25) is 0 Å². The molecule has 2 aliphatic carbocycles. The van der Waals surface area contributed by atoms with Crippen LogP contribution in [-0.2, 0) is 6.42 Å². The molecule has 0 spiro atoms. The highest BCUT2D eigenvalue weighted by Gasteiger charge is 2.44. The molecule has 0 amide bonds. The van der Waals surface area contributed by atoms with Crippen LogP contribution in [0.1, 0.15) is 71.8 Å². The van der Waals surface area contributed by atoms with Gasteiger partial charge in [0, 0.05) is 0 Å². The number of para-hydroxylation sites is 2. The molecule has 0 atom stereocenters. The van der Waals surface area contributed by atoms with E-state index in [0.29, 0.717) is 16.8 Å². The Labute approximate surface area is 177 Å². The van der Waals surface area contributed by atoms with Crippen LogP contribution in [0.4, 0.5) is 11.4 Å². The highest BCUT2D eigenvalue weighted by atomic mass is 16.3. The summed E-state index contributed by atoms with van der Waals surface area (Å²) in [6, 6.07) is 12.4. The maximum absolute atomic E-state index is 9.41. The third-order valence-corrected chi connectivity index (χ3v) is 5.50. The van der Waals surface area contributed by atoms with E-state index >= 15 is 0 Å². The number of rotatable bonds is 2. The van der Waals surface area contributed by atoms with Crippen molar-refractivity contribution >= 4 is 11.4 Å². The van der Waals surface area contributed by atoms with Gasteiger partial charge in [0.05, 0.1) is 11.4 Å². The van der Waals surface area contributed by atoms with E-state index in [2.05, 4.69) is 13.8 Å². The van der Waals surface area contributed by atoms with Gasteiger partial charge in [-0.15, -0.1) is 0 Å². The van der Waals surface area contributed by atoms with E-state index in [-0.39, 0.29) is 11.5 Å². The predicted octanol–water partition coefficient (Wildman–Crippen LogP) is 6.51. The molecule has 2 aromatic carbocycles. The Balaban J connectivity index is 0.000000273. The quantitative estimate of drug-likeness (QED) is 0.341. The number of fused-ring (bicyclic) bond motifs is 2. The summed E-state index contributed by atoms with van der Waals surface area (Å²) in [5, 5.41) is 18.2. The van der Waals surface area contributed by atoms with Gasteiger partial charge in [-0.2, -0.15) is 0 Å². The summed E-state index contributed by atoms with van der Waals surface area (Å²) < 4.78 is 0. The Bertz CT molecular complexity index is 702. The second-order valence-electron chi connectivity index (χ2n) is 7.98. The summed E-state index contributed by atoms with van der Waals surface area (Å²) >= 11 is 0. The zero-order valence-corrected chi connectivity index (χ0v) is 18.6. The van der Waals surface area contributed by atoms with Crippen LogP contribution < -0.4 is 11.5 Å². The van der Waals surface area contributed by atoms with Crippen LogP contribution in [-0.4, -0.2) is 10.2 Å². The summed E-state index contributed by atoms with van der Waals surface area (Å²) in [6.07, 6.45) is 9.43. The van der Waals surface area contributed by atoms with Crippen molar-refractivity contribution < 1.29 is 10.2 Å². The van der Waals surface area contributed by atoms with Crippen molar-refractivity contribution in [1.29, 1.82) is 0 Å². The zero-order valence-electron chi connectivity index (χ0n) is 18.6. The predicted molar refractivity (Wildman–Crippen MR) is 125 cm³/mol. The van der Waals surface area contributed by atoms with Crippen molar-refractivity contribution in [2.24, 2.45) is 11.3 Å². The van der Waals surface area contributed by atoms with Crippen molar-refractivity contribution in [3.05, 3.63) is 48.0 Å². The van der Waals surface area contributed by atoms with Crippen LogP contribution in [0.3, 0.4) is 0 Å². The Morgan fingerprint density at radius 1 is 0.897 bits per heavy atom. The van der Waals surface area contributed by atoms with E-state index in [1.807, 2.05) is 26.0 Å². The van der Waals surface area contributed by atoms with Gasteiger partial charge in [-0.05, 0) is 79.7 Å². The molecule has 0 saturated heterocycles. The fourth-order valence-corrected chi connectivity index (χ4v) is 4.19. The van der Waals surface area contributed by atoms with Gasteiger partial charge in [0.2, 0.25) is 0 Å². The molecular formula is C25H40N2O2. The fraction of sp³-hybridized carbons (Fsp3) is 0.520. The minimum Gasteiger partial charge on any atom is -0.506 e. The molecule has 0 aliphatic heterocycles. The first-order chi connectivity index (χ1) is 13.9. The minimum atomic E-state index is 0.146. The first-order valence-electron chi connectivity index (χ1n) is 11.0. The van der Waals surface area contributed by atoms with E-state index in [1.54, 1.807) is 30.3 Å². The lowest BCUT2D eigenvalue weighted by Crippen LogP contribution is -2.17. The SMILES string of the molecule is CC.CCC.Nc1cc(CC23CCC(CC2)C3)ccc1O.Nc1ccccc1O. The van der Waals surface area contributed by atoms with Crippen molar-refractivity contribution in [3.8, 4) is 11.5 Å². The molecule has 2 aromatic rings. The lowest BCUT2D eigenvalue weighted by Gasteiger charge is -2.26. The number of phenolic OH excluding ortho intramolecular Hbond substituents is 2. The first-order valence-corrected chi connectivity index (χ1v) is 11.0. The van der Waals surface area contributed by atoms with Crippen LogP contribution in [0.15, 0.2) is 42.5 Å². The summed E-state index contributed by atoms with van der Waals surface area (Å²) in [5.41, 5.74) is 13.8. The number of phenols is 2. The summed E-state index contributed by atoms with van der Waals surface area (Å²) in [6.45, 7) is 8.25. The minimum absolute atomic E-state index is 0.146. The van der Waals surface area contributed by atoms with Crippen LogP contribution in [0.5, 0.6) is 11.5 Å². The molecule has 162 valence electrons. The van der Waals surface area contributed by atoms with Gasteiger partial charge >= 0.3 is 0 Å². The third-order valence-electron chi connectivity index (χ3n) is 5.50. The largest absolute Gasteiger partial charge is 0.506 e. The topological polar surface area (TPSA) is 92.5 Å². The normalized spacial score (nSPS) is 21.0. The first kappa shape index (κ1) is 24.7. The van der Waals surface area contributed by atoms with Crippen molar-refractivity contribution in [2.75, 3.05) is 11.5 Å². The maximum atomic E-state index is 9.41. The Hall–Kier alpha value is -2.36. The molecule has 2 fully saturated rings. The zero-order chi connectivity index (χ0) is 21.9. The lowest BCUT2D eigenvalue weighted by molar-refractivity contribution is 0.293. The molecule has 0 heterocycles. The molecule has 2 aliphatic rings. The van der Waals surface area contributed by atoms with Gasteiger partial charge in [-0.3, -0.25) is 0 Å². The highest BCUT2D eigenvalue weighted by Crippen LogP contribution is 2.55. The van der Waals surface area contributed by atoms with Gasteiger partial charge in [0.1, 0.15) is 11.5 Å². The van der Waals surface area contributed by atoms with E-state index in [1.165, 1.54) is 44.1 Å². The maximum Gasteiger partial charge on any atom is 0.138 e. The Kier molecular flexibility index (Phi) is 10.4. The van der Waals surface area contributed by atoms with Crippen molar-refractivity contribution in [2.45, 2.75) is 72.6 Å². The highest BCUT2D eigenvalue weighted by molar-refractivity contribution is 5.53. The molecule has 0 aromatic heterocycles. The van der Waals surface area contributed by atoms with Crippen molar-refractivity contribution in [1.82, 2.24) is 0 Å². The number of benzene rings is 2. The van der Waals surface area contributed by atoms with Crippen LogP contribution in [0, 0.1) is 11.3 Å². The average molecular weight is 401 g/mol. The molecule has 2 saturated carbocycles. The number of nitrogens with two attached hydrogens (primary N) is 2. The Morgan fingerprint density at radius 3 is 1.86 bits per heavy atom. The average Bonchev–Trinajstić information content (AvgIpc) is 3.30. The molecule has 4 nitrogen and oxygen atoms in total. The number of hydrogen-bond donors (Lipinski definition) is 4. The second-order valence-corrected chi connectivity index (χ2v) is 7.98. The lowest BCUT2D eigenvalue weighted by atomic mass is 9.79. The standard InChI is InChI=1S/C14H19NO.C6H7NO.C3H8.C2H6/c15-12-7-11(1-2-13(12)16)9-14-5-3-10(8-14)4-6-14;7-5-3-1-2-4-6(5)8;1-3-2;1-2/h1-2,7,10,16H,3-6,8-9,15H2;1-4,8H,7H2;3H2,1-2H3;1-2H3. The molecule has 4 heteroatoms. The molecule has 4 rings (SSSR count). The molecule has 29 heavy (non-hydrogen) atoms. The van der Waals surface area contributed by atoms with Gasteiger partial charge in [0.25, 0.3) is 0 Å². The summed E-state index contributed by atoms with van der Waals surface area (Å²) in [4.78, 5) is 0. The van der Waals surface area contributed by atoms with E-state index < -0.39 is 0 Å². The number of hydrogen-bond acceptors (Lipinski definition) is 4.